The third-order valence-corrected chi connectivity index (χ3v) is 7.59. The third-order valence-electron chi connectivity index (χ3n) is 6.86. The summed E-state index contributed by atoms with van der Waals surface area (Å²) in [6.45, 7) is 5.20. The number of likely N-dealkylation sites (N-methyl/N-ethyl adjacent to an activating group) is 1. The lowest BCUT2D eigenvalue weighted by Crippen LogP contribution is -2.58. The Morgan fingerprint density at radius 2 is 2.19 bits per heavy atom. The van der Waals surface area contributed by atoms with E-state index in [1.165, 1.54) is 12.8 Å². The summed E-state index contributed by atoms with van der Waals surface area (Å²) >= 11 is 1.68. The van der Waals surface area contributed by atoms with Crippen molar-refractivity contribution in [3.8, 4) is 0 Å². The highest BCUT2D eigenvalue weighted by Crippen LogP contribution is 2.36. The predicted molar refractivity (Wildman–Crippen MR) is 132 cm³/mol. The number of urea groups is 1. The number of hydrogen-bond donors (Lipinski definition) is 2. The van der Waals surface area contributed by atoms with Gasteiger partial charge in [0.1, 0.15) is 0 Å². The second-order valence-corrected chi connectivity index (χ2v) is 9.97. The molecular formula is C25H35N5OS. The van der Waals surface area contributed by atoms with Crippen molar-refractivity contribution in [2.45, 2.75) is 30.2 Å². The SMILES string of the molecule is CSc1cccc(NC(=O)NCC2CC3CCN2CC3CN(C)CCc2ccccn2)c1. The Labute approximate surface area is 196 Å². The molecule has 3 saturated heterocycles. The summed E-state index contributed by atoms with van der Waals surface area (Å²) in [5.41, 5.74) is 2.01. The summed E-state index contributed by atoms with van der Waals surface area (Å²) < 4.78 is 0. The average Bonchev–Trinajstić information content (AvgIpc) is 2.83. The van der Waals surface area contributed by atoms with Gasteiger partial charge in [-0.15, -0.1) is 11.8 Å². The number of fused-ring (bicyclic) bond motifs is 3. The molecule has 6 nitrogen and oxygen atoms in total. The molecule has 4 unspecified atom stereocenters. The summed E-state index contributed by atoms with van der Waals surface area (Å²) in [4.78, 5) is 23.0. The number of hydrogen-bond acceptors (Lipinski definition) is 5. The average molecular weight is 454 g/mol. The zero-order valence-corrected chi connectivity index (χ0v) is 20.0. The number of piperidine rings is 3. The van der Waals surface area contributed by atoms with Crippen molar-refractivity contribution < 1.29 is 4.79 Å². The Balaban J connectivity index is 1.20. The lowest BCUT2D eigenvalue weighted by atomic mass is 9.75. The largest absolute Gasteiger partial charge is 0.336 e. The van der Waals surface area contributed by atoms with Crippen molar-refractivity contribution in [1.29, 1.82) is 0 Å². The first kappa shape index (κ1) is 23.1. The van der Waals surface area contributed by atoms with E-state index in [9.17, 15) is 4.79 Å². The minimum absolute atomic E-state index is 0.114. The number of nitrogens with zero attached hydrogens (tertiary/aromatic N) is 3. The van der Waals surface area contributed by atoms with Gasteiger partial charge in [0, 0.05) is 61.1 Å². The van der Waals surface area contributed by atoms with Gasteiger partial charge in [0.25, 0.3) is 0 Å². The van der Waals surface area contributed by atoms with E-state index >= 15 is 0 Å². The number of benzene rings is 1. The standard InChI is InChI=1S/C25H35N5OS/c1-29(12-10-21-6-3-4-11-26-21)17-20-18-30-13-9-19(20)14-23(30)16-27-25(31)28-22-7-5-8-24(15-22)32-2/h3-8,11,15,19-20,23H,9-10,12-14,16-18H2,1-2H3,(H2,27,28,31). The first-order valence-corrected chi connectivity index (χ1v) is 12.8. The Morgan fingerprint density at radius 1 is 1.28 bits per heavy atom. The second kappa shape index (κ2) is 11.2. The summed E-state index contributed by atoms with van der Waals surface area (Å²) in [7, 11) is 2.23. The van der Waals surface area contributed by atoms with E-state index in [4.69, 9.17) is 0 Å². The molecule has 2 N–H and O–H groups in total. The van der Waals surface area contributed by atoms with E-state index in [1.807, 2.05) is 42.8 Å². The lowest BCUT2D eigenvalue weighted by Gasteiger charge is -2.50. The van der Waals surface area contributed by atoms with Gasteiger partial charge in [-0.25, -0.2) is 4.79 Å². The minimum Gasteiger partial charge on any atom is -0.336 e. The molecule has 2 bridgehead atoms. The van der Waals surface area contributed by atoms with Crippen LogP contribution in [0.3, 0.4) is 0 Å². The van der Waals surface area contributed by atoms with E-state index in [0.717, 1.165) is 60.7 Å². The van der Waals surface area contributed by atoms with Crippen molar-refractivity contribution in [3.63, 3.8) is 0 Å². The van der Waals surface area contributed by atoms with Crippen LogP contribution in [0.5, 0.6) is 0 Å². The number of aromatic nitrogens is 1. The van der Waals surface area contributed by atoms with Gasteiger partial charge in [0.05, 0.1) is 0 Å². The molecular weight excluding hydrogens is 418 g/mol. The quantitative estimate of drug-likeness (QED) is 0.566. The zero-order chi connectivity index (χ0) is 22.3. The first-order chi connectivity index (χ1) is 15.6. The Kier molecular flexibility index (Phi) is 8.05. The van der Waals surface area contributed by atoms with Gasteiger partial charge >= 0.3 is 6.03 Å². The normalized spacial score (nSPS) is 24.5. The van der Waals surface area contributed by atoms with Gasteiger partial charge in [-0.1, -0.05) is 12.1 Å². The van der Waals surface area contributed by atoms with E-state index < -0.39 is 0 Å². The summed E-state index contributed by atoms with van der Waals surface area (Å²) in [5, 5.41) is 6.07. The van der Waals surface area contributed by atoms with Crippen LogP contribution < -0.4 is 10.6 Å². The molecule has 0 aliphatic carbocycles. The molecule has 0 radical (unpaired) electrons. The van der Waals surface area contributed by atoms with Gasteiger partial charge < -0.3 is 15.5 Å². The van der Waals surface area contributed by atoms with Crippen molar-refractivity contribution >= 4 is 23.5 Å². The number of rotatable bonds is 9. The minimum atomic E-state index is -0.114. The molecule has 2 amide bonds. The number of nitrogens with one attached hydrogen (secondary N) is 2. The Bertz CT molecular complexity index is 880. The van der Waals surface area contributed by atoms with Crippen molar-refractivity contribution in [3.05, 3.63) is 54.4 Å². The number of carbonyl (C=O) groups is 1. The molecule has 3 aliphatic heterocycles. The molecule has 4 heterocycles. The van der Waals surface area contributed by atoms with Crippen molar-refractivity contribution in [2.75, 3.05) is 51.3 Å². The molecule has 3 fully saturated rings. The van der Waals surface area contributed by atoms with Gasteiger partial charge in [0.2, 0.25) is 0 Å². The van der Waals surface area contributed by atoms with Gasteiger partial charge in [0.15, 0.2) is 0 Å². The molecule has 3 aliphatic rings. The zero-order valence-electron chi connectivity index (χ0n) is 19.2. The van der Waals surface area contributed by atoms with E-state index in [1.54, 1.807) is 11.8 Å². The van der Waals surface area contributed by atoms with Crippen LogP contribution in [-0.2, 0) is 6.42 Å². The number of amides is 2. The summed E-state index contributed by atoms with van der Waals surface area (Å²) in [6.07, 6.45) is 7.37. The molecule has 32 heavy (non-hydrogen) atoms. The predicted octanol–water partition coefficient (Wildman–Crippen LogP) is 3.81. The Morgan fingerprint density at radius 3 is 2.94 bits per heavy atom. The van der Waals surface area contributed by atoms with Crippen LogP contribution in [0.4, 0.5) is 10.5 Å². The van der Waals surface area contributed by atoms with Crippen LogP contribution in [0.15, 0.2) is 53.6 Å². The molecule has 4 atom stereocenters. The monoisotopic (exact) mass is 453 g/mol. The first-order valence-electron chi connectivity index (χ1n) is 11.6. The summed E-state index contributed by atoms with van der Waals surface area (Å²) in [6, 6.07) is 14.4. The molecule has 0 saturated carbocycles. The molecule has 7 heteroatoms. The van der Waals surface area contributed by atoms with Crippen LogP contribution in [0.2, 0.25) is 0 Å². The number of anilines is 1. The highest BCUT2D eigenvalue weighted by Gasteiger charge is 2.40. The van der Waals surface area contributed by atoms with E-state index in [-0.39, 0.29) is 6.03 Å². The van der Waals surface area contributed by atoms with Crippen LogP contribution in [-0.4, -0.2) is 72.9 Å². The fourth-order valence-corrected chi connectivity index (χ4v) is 5.56. The third kappa shape index (κ3) is 6.24. The lowest BCUT2D eigenvalue weighted by molar-refractivity contribution is -0.00803. The van der Waals surface area contributed by atoms with Crippen LogP contribution in [0, 0.1) is 11.8 Å². The van der Waals surface area contributed by atoms with Crippen LogP contribution in [0.1, 0.15) is 18.5 Å². The molecule has 0 spiro atoms. The van der Waals surface area contributed by atoms with Gasteiger partial charge in [-0.05, 0) is 74.9 Å². The maximum Gasteiger partial charge on any atom is 0.319 e. The number of thioether (sulfide) groups is 1. The highest BCUT2D eigenvalue weighted by atomic mass is 32.2. The second-order valence-electron chi connectivity index (χ2n) is 9.09. The molecule has 2 aromatic rings. The summed E-state index contributed by atoms with van der Waals surface area (Å²) in [5.74, 6) is 1.47. The topological polar surface area (TPSA) is 60.5 Å². The van der Waals surface area contributed by atoms with Crippen LogP contribution >= 0.6 is 11.8 Å². The van der Waals surface area contributed by atoms with Gasteiger partial charge in [-0.2, -0.15) is 0 Å². The maximum absolute atomic E-state index is 12.4. The maximum atomic E-state index is 12.4. The fraction of sp³-hybridized carbons (Fsp3) is 0.520. The molecule has 1 aromatic carbocycles. The molecule has 5 rings (SSSR count). The molecule has 1 aromatic heterocycles. The fourth-order valence-electron chi connectivity index (χ4n) is 5.10. The van der Waals surface area contributed by atoms with E-state index in [2.05, 4.69) is 44.6 Å². The molecule has 172 valence electrons. The number of pyridine rings is 1. The van der Waals surface area contributed by atoms with Crippen molar-refractivity contribution in [2.24, 2.45) is 11.8 Å². The smallest absolute Gasteiger partial charge is 0.319 e. The Hall–Kier alpha value is -2.09. The van der Waals surface area contributed by atoms with Crippen LogP contribution in [0.25, 0.3) is 0 Å². The van der Waals surface area contributed by atoms with Crippen molar-refractivity contribution in [1.82, 2.24) is 20.1 Å². The van der Waals surface area contributed by atoms with E-state index in [0.29, 0.717) is 12.6 Å². The number of carbonyl (C=O) groups excluding carboxylic acids is 1. The highest BCUT2D eigenvalue weighted by molar-refractivity contribution is 7.98. The van der Waals surface area contributed by atoms with Gasteiger partial charge in [-0.3, -0.25) is 9.88 Å².